The van der Waals surface area contributed by atoms with E-state index in [-0.39, 0.29) is 0 Å². The first kappa shape index (κ1) is 11.6. The lowest BCUT2D eigenvalue weighted by Crippen LogP contribution is -2.18. The average molecular weight is 261 g/mol. The summed E-state index contributed by atoms with van der Waals surface area (Å²) in [4.78, 5) is 0. The minimum Gasteiger partial charge on any atom is -0.493 e. The number of fused-ring (bicyclic) bond motifs is 1. The van der Waals surface area contributed by atoms with E-state index in [4.69, 9.17) is 4.74 Å². The van der Waals surface area contributed by atoms with Crippen LogP contribution in [0.15, 0.2) is 24.3 Å². The van der Waals surface area contributed by atoms with E-state index in [1.807, 2.05) is 19.2 Å². The first-order valence-corrected chi connectivity index (χ1v) is 6.86. The lowest BCUT2D eigenvalue weighted by molar-refractivity contribution is 0.262. The standard InChI is InChI=1S/C13H15N3OS/c1-14-7-12-15-16-13(18-12)10-6-9-4-2-3-5-11(9)17-8-10/h2-5,10,14H,6-8H2,1H3. The zero-order valence-corrected chi connectivity index (χ0v) is 11.0. The molecule has 2 heterocycles. The number of ether oxygens (including phenoxy) is 1. The Labute approximate surface area is 110 Å². The van der Waals surface area contributed by atoms with Crippen LogP contribution in [0, 0.1) is 0 Å². The molecule has 1 atom stereocenters. The first-order chi connectivity index (χ1) is 8.86. The van der Waals surface area contributed by atoms with Crippen molar-refractivity contribution in [3.63, 3.8) is 0 Å². The van der Waals surface area contributed by atoms with Crippen LogP contribution in [0.1, 0.15) is 21.5 Å². The molecule has 0 saturated heterocycles. The normalized spacial score (nSPS) is 18.2. The molecule has 5 heteroatoms. The Hall–Kier alpha value is -1.46. The largest absolute Gasteiger partial charge is 0.493 e. The summed E-state index contributed by atoms with van der Waals surface area (Å²) in [6.07, 6.45) is 0.990. The maximum absolute atomic E-state index is 5.78. The van der Waals surface area contributed by atoms with Crippen molar-refractivity contribution in [2.75, 3.05) is 13.7 Å². The quantitative estimate of drug-likeness (QED) is 0.917. The average Bonchev–Trinajstić information content (AvgIpc) is 2.87. The summed E-state index contributed by atoms with van der Waals surface area (Å²) < 4.78 is 5.78. The minimum atomic E-state index is 0.336. The van der Waals surface area contributed by atoms with E-state index in [9.17, 15) is 0 Å². The van der Waals surface area contributed by atoms with Gasteiger partial charge in [-0.25, -0.2) is 0 Å². The van der Waals surface area contributed by atoms with Crippen LogP contribution in [0.2, 0.25) is 0 Å². The van der Waals surface area contributed by atoms with Gasteiger partial charge in [0.25, 0.3) is 0 Å². The molecule has 0 bridgehead atoms. The molecule has 2 aromatic rings. The molecule has 0 radical (unpaired) electrons. The van der Waals surface area contributed by atoms with Crippen molar-refractivity contribution < 1.29 is 4.74 Å². The van der Waals surface area contributed by atoms with Gasteiger partial charge in [-0.15, -0.1) is 10.2 Å². The zero-order chi connectivity index (χ0) is 12.4. The Morgan fingerprint density at radius 2 is 2.28 bits per heavy atom. The van der Waals surface area contributed by atoms with Gasteiger partial charge in [-0.2, -0.15) is 0 Å². The molecule has 4 nitrogen and oxygen atoms in total. The summed E-state index contributed by atoms with van der Waals surface area (Å²) in [6, 6.07) is 8.21. The van der Waals surface area contributed by atoms with Gasteiger partial charge in [-0.1, -0.05) is 29.5 Å². The molecule has 1 unspecified atom stereocenters. The van der Waals surface area contributed by atoms with Gasteiger partial charge < -0.3 is 10.1 Å². The lowest BCUT2D eigenvalue weighted by Gasteiger charge is -2.23. The molecule has 1 N–H and O–H groups in total. The van der Waals surface area contributed by atoms with E-state index in [1.165, 1.54) is 5.56 Å². The number of aromatic nitrogens is 2. The van der Waals surface area contributed by atoms with E-state index in [2.05, 4.69) is 27.6 Å². The molecule has 0 fully saturated rings. The van der Waals surface area contributed by atoms with Gasteiger partial charge >= 0.3 is 0 Å². The molecule has 0 amide bonds. The fourth-order valence-corrected chi connectivity index (χ4v) is 3.08. The zero-order valence-electron chi connectivity index (χ0n) is 10.2. The summed E-state index contributed by atoms with van der Waals surface area (Å²) in [5, 5.41) is 13.7. The van der Waals surface area contributed by atoms with Gasteiger partial charge in [0.2, 0.25) is 0 Å². The maximum atomic E-state index is 5.78. The second-order valence-corrected chi connectivity index (χ2v) is 5.48. The van der Waals surface area contributed by atoms with E-state index in [0.29, 0.717) is 12.5 Å². The molecular weight excluding hydrogens is 246 g/mol. The van der Waals surface area contributed by atoms with Crippen molar-refractivity contribution >= 4 is 11.3 Å². The van der Waals surface area contributed by atoms with Gasteiger partial charge in [-0.05, 0) is 25.1 Å². The smallest absolute Gasteiger partial charge is 0.131 e. The number of benzene rings is 1. The first-order valence-electron chi connectivity index (χ1n) is 6.04. The topological polar surface area (TPSA) is 47.0 Å². The summed E-state index contributed by atoms with van der Waals surface area (Å²) in [5.74, 6) is 1.34. The molecule has 1 aliphatic rings. The Kier molecular flexibility index (Phi) is 3.25. The van der Waals surface area contributed by atoms with Crippen LogP contribution < -0.4 is 10.1 Å². The summed E-state index contributed by atoms with van der Waals surface area (Å²) >= 11 is 1.67. The fourth-order valence-electron chi connectivity index (χ4n) is 2.14. The third-order valence-corrected chi connectivity index (χ3v) is 4.12. The van der Waals surface area contributed by atoms with E-state index >= 15 is 0 Å². The molecular formula is C13H15N3OS. The second kappa shape index (κ2) is 5.04. The Bertz CT molecular complexity index is 541. The molecule has 1 aromatic heterocycles. The number of nitrogens with one attached hydrogen (secondary N) is 1. The maximum Gasteiger partial charge on any atom is 0.131 e. The predicted octanol–water partition coefficient (Wildman–Crippen LogP) is 1.98. The molecule has 0 spiro atoms. The van der Waals surface area contributed by atoms with Crippen molar-refractivity contribution in [3.05, 3.63) is 39.8 Å². The van der Waals surface area contributed by atoms with Crippen LogP contribution in [0.4, 0.5) is 0 Å². The number of hydrogen-bond acceptors (Lipinski definition) is 5. The van der Waals surface area contributed by atoms with Crippen molar-refractivity contribution in [2.45, 2.75) is 18.9 Å². The van der Waals surface area contributed by atoms with Crippen molar-refractivity contribution in [3.8, 4) is 5.75 Å². The van der Waals surface area contributed by atoms with E-state index in [0.717, 1.165) is 28.7 Å². The number of para-hydroxylation sites is 1. The Morgan fingerprint density at radius 3 is 3.17 bits per heavy atom. The number of rotatable bonds is 3. The molecule has 94 valence electrons. The third-order valence-electron chi connectivity index (χ3n) is 3.04. The predicted molar refractivity (Wildman–Crippen MR) is 71.1 cm³/mol. The highest BCUT2D eigenvalue weighted by Crippen LogP contribution is 2.33. The van der Waals surface area contributed by atoms with Crippen molar-refractivity contribution in [2.24, 2.45) is 0 Å². The van der Waals surface area contributed by atoms with Crippen LogP contribution >= 0.6 is 11.3 Å². The molecule has 1 aliphatic heterocycles. The minimum absolute atomic E-state index is 0.336. The van der Waals surface area contributed by atoms with Gasteiger partial charge in [0.15, 0.2) is 0 Å². The van der Waals surface area contributed by atoms with Crippen LogP contribution in [-0.2, 0) is 13.0 Å². The van der Waals surface area contributed by atoms with Gasteiger partial charge in [0, 0.05) is 6.54 Å². The third kappa shape index (κ3) is 2.23. The lowest BCUT2D eigenvalue weighted by atomic mass is 9.97. The monoisotopic (exact) mass is 261 g/mol. The summed E-state index contributed by atoms with van der Waals surface area (Å²) in [7, 11) is 1.92. The summed E-state index contributed by atoms with van der Waals surface area (Å²) in [5.41, 5.74) is 1.26. The van der Waals surface area contributed by atoms with E-state index in [1.54, 1.807) is 11.3 Å². The van der Waals surface area contributed by atoms with Crippen LogP contribution in [0.3, 0.4) is 0 Å². The molecule has 0 aliphatic carbocycles. The summed E-state index contributed by atoms with van der Waals surface area (Å²) in [6.45, 7) is 1.48. The van der Waals surface area contributed by atoms with Gasteiger partial charge in [0.05, 0.1) is 12.5 Å². The Morgan fingerprint density at radius 1 is 1.39 bits per heavy atom. The molecule has 0 saturated carbocycles. The number of hydrogen-bond donors (Lipinski definition) is 1. The molecule has 3 rings (SSSR count). The highest BCUT2D eigenvalue weighted by molar-refractivity contribution is 7.11. The van der Waals surface area contributed by atoms with Gasteiger partial charge in [-0.3, -0.25) is 0 Å². The molecule has 18 heavy (non-hydrogen) atoms. The highest BCUT2D eigenvalue weighted by atomic mass is 32.1. The Balaban J connectivity index is 1.78. The van der Waals surface area contributed by atoms with Crippen LogP contribution in [-0.4, -0.2) is 23.9 Å². The molecule has 1 aromatic carbocycles. The van der Waals surface area contributed by atoms with Gasteiger partial charge in [0.1, 0.15) is 15.8 Å². The van der Waals surface area contributed by atoms with E-state index < -0.39 is 0 Å². The number of nitrogens with zero attached hydrogens (tertiary/aromatic N) is 2. The highest BCUT2D eigenvalue weighted by Gasteiger charge is 2.24. The second-order valence-electron chi connectivity index (χ2n) is 4.38. The van der Waals surface area contributed by atoms with Crippen LogP contribution in [0.25, 0.3) is 0 Å². The SMILES string of the molecule is CNCc1nnc(C2COc3ccccc3C2)s1. The van der Waals surface area contributed by atoms with Crippen molar-refractivity contribution in [1.29, 1.82) is 0 Å². The van der Waals surface area contributed by atoms with Crippen molar-refractivity contribution in [1.82, 2.24) is 15.5 Å². The van der Waals surface area contributed by atoms with Crippen LogP contribution in [0.5, 0.6) is 5.75 Å². The fraction of sp³-hybridized carbons (Fsp3) is 0.385.